The lowest BCUT2D eigenvalue weighted by atomic mass is 9.74. The van der Waals surface area contributed by atoms with E-state index in [1.54, 1.807) is 6.20 Å². The molecule has 2 aliphatic rings. The lowest BCUT2D eigenvalue weighted by Crippen LogP contribution is -2.47. The van der Waals surface area contributed by atoms with Gasteiger partial charge in [-0.2, -0.15) is 13.2 Å². The smallest absolute Gasteiger partial charge is 0.381 e. The number of hydrogen-bond acceptors (Lipinski definition) is 7. The van der Waals surface area contributed by atoms with Gasteiger partial charge in [0.2, 0.25) is 0 Å². The predicted octanol–water partition coefficient (Wildman–Crippen LogP) is 3.72. The van der Waals surface area contributed by atoms with Crippen molar-refractivity contribution in [2.45, 2.75) is 54.2 Å². The molecule has 29 heavy (non-hydrogen) atoms. The maximum Gasteiger partial charge on any atom is 0.418 e. The average Bonchev–Trinajstić information content (AvgIpc) is 3.03. The van der Waals surface area contributed by atoms with Crippen LogP contribution in [0.2, 0.25) is 0 Å². The molecule has 0 aromatic carbocycles. The topological polar surface area (TPSA) is 94.0 Å². The normalized spacial score (nSPS) is 21.7. The summed E-state index contributed by atoms with van der Waals surface area (Å²) in [7, 11) is 0. The van der Waals surface area contributed by atoms with Crippen LogP contribution in [0.4, 0.5) is 24.8 Å². The number of pyridine rings is 1. The number of rotatable bonds is 3. The second-order valence-electron chi connectivity index (χ2n) is 7.74. The van der Waals surface area contributed by atoms with Crippen molar-refractivity contribution in [2.75, 3.05) is 23.7 Å². The molecule has 156 valence electrons. The fourth-order valence-corrected chi connectivity index (χ4v) is 5.24. The maximum absolute atomic E-state index is 13.2. The van der Waals surface area contributed by atoms with Crippen molar-refractivity contribution in [3.05, 3.63) is 30.2 Å². The summed E-state index contributed by atoms with van der Waals surface area (Å²) in [5, 5.41) is 0.247. The molecule has 0 bridgehead atoms. The van der Waals surface area contributed by atoms with Gasteiger partial charge in [0.25, 0.3) is 0 Å². The first-order chi connectivity index (χ1) is 13.8. The van der Waals surface area contributed by atoms with Crippen LogP contribution in [-0.2, 0) is 6.18 Å². The number of nitrogens with zero attached hydrogens (tertiary/aromatic N) is 4. The van der Waals surface area contributed by atoms with Gasteiger partial charge >= 0.3 is 6.18 Å². The lowest BCUT2D eigenvalue weighted by molar-refractivity contribution is -0.140. The molecule has 1 unspecified atom stereocenters. The number of aromatic nitrogens is 3. The van der Waals surface area contributed by atoms with Crippen LogP contribution in [-0.4, -0.2) is 34.1 Å². The molecular weight excluding hydrogens is 401 g/mol. The van der Waals surface area contributed by atoms with E-state index in [-0.39, 0.29) is 27.2 Å². The van der Waals surface area contributed by atoms with Crippen molar-refractivity contribution in [1.82, 2.24) is 15.0 Å². The first-order valence-corrected chi connectivity index (χ1v) is 10.4. The average molecular weight is 424 g/mol. The van der Waals surface area contributed by atoms with E-state index in [2.05, 4.69) is 19.9 Å². The molecule has 1 aliphatic heterocycles. The van der Waals surface area contributed by atoms with E-state index < -0.39 is 11.7 Å². The third-order valence-corrected chi connectivity index (χ3v) is 7.19. The number of nitrogens with two attached hydrogens (primary N) is 2. The van der Waals surface area contributed by atoms with Crippen LogP contribution >= 0.6 is 11.8 Å². The highest BCUT2D eigenvalue weighted by atomic mass is 32.2. The Hall–Kier alpha value is -2.07. The highest BCUT2D eigenvalue weighted by molar-refractivity contribution is 7.99. The van der Waals surface area contributed by atoms with E-state index in [1.807, 2.05) is 0 Å². The molecule has 1 spiro atoms. The van der Waals surface area contributed by atoms with E-state index in [1.165, 1.54) is 25.1 Å². The second-order valence-corrected chi connectivity index (χ2v) is 8.77. The zero-order chi connectivity index (χ0) is 20.6. The van der Waals surface area contributed by atoms with Gasteiger partial charge in [-0.3, -0.25) is 4.98 Å². The molecule has 4 N–H and O–H groups in total. The van der Waals surface area contributed by atoms with Gasteiger partial charge in [-0.25, -0.2) is 9.97 Å². The van der Waals surface area contributed by atoms with Gasteiger partial charge in [-0.05, 0) is 37.2 Å². The van der Waals surface area contributed by atoms with Gasteiger partial charge < -0.3 is 16.4 Å². The molecule has 2 fully saturated rings. The maximum atomic E-state index is 13.2. The van der Waals surface area contributed by atoms with Crippen molar-refractivity contribution in [3.63, 3.8) is 0 Å². The monoisotopic (exact) mass is 424 g/mol. The minimum atomic E-state index is -4.50. The molecule has 1 atom stereocenters. The van der Waals surface area contributed by atoms with Crippen LogP contribution in [0.15, 0.2) is 34.6 Å². The fraction of sp³-hybridized carbons (Fsp3) is 0.526. The van der Waals surface area contributed by atoms with E-state index in [0.717, 1.165) is 50.3 Å². The Morgan fingerprint density at radius 3 is 2.55 bits per heavy atom. The molecule has 2 aromatic rings. The Balaban J connectivity index is 1.48. The first kappa shape index (κ1) is 20.2. The lowest BCUT2D eigenvalue weighted by Gasteiger charge is -2.42. The number of piperidine rings is 1. The Labute approximate surface area is 171 Å². The zero-order valence-corrected chi connectivity index (χ0v) is 16.6. The number of halogens is 3. The summed E-state index contributed by atoms with van der Waals surface area (Å²) in [6, 6.07) is 1.57. The van der Waals surface area contributed by atoms with Crippen LogP contribution in [0.3, 0.4) is 0 Å². The molecule has 1 saturated carbocycles. The van der Waals surface area contributed by atoms with Crippen LogP contribution in [0.5, 0.6) is 0 Å². The summed E-state index contributed by atoms with van der Waals surface area (Å²) in [5.74, 6) is 0.773. The van der Waals surface area contributed by atoms with Crippen molar-refractivity contribution >= 4 is 23.4 Å². The van der Waals surface area contributed by atoms with Gasteiger partial charge in [0.1, 0.15) is 10.8 Å². The van der Waals surface area contributed by atoms with Crippen LogP contribution in [0, 0.1) is 5.41 Å². The molecule has 1 aliphatic carbocycles. The third kappa shape index (κ3) is 4.00. The molecule has 10 heteroatoms. The highest BCUT2D eigenvalue weighted by Gasteiger charge is 2.43. The third-order valence-electron chi connectivity index (χ3n) is 6.10. The van der Waals surface area contributed by atoms with Crippen LogP contribution in [0.1, 0.15) is 37.7 Å². The van der Waals surface area contributed by atoms with E-state index >= 15 is 0 Å². The summed E-state index contributed by atoms with van der Waals surface area (Å²) < 4.78 is 39.5. The minimum absolute atomic E-state index is 0.00335. The molecule has 1 saturated heterocycles. The zero-order valence-electron chi connectivity index (χ0n) is 15.8. The molecular formula is C19H23F3N6S. The van der Waals surface area contributed by atoms with Gasteiger partial charge in [-0.15, -0.1) is 0 Å². The summed E-state index contributed by atoms with van der Waals surface area (Å²) >= 11 is 0.845. The summed E-state index contributed by atoms with van der Waals surface area (Å²) in [4.78, 5) is 14.4. The van der Waals surface area contributed by atoms with Crippen molar-refractivity contribution in [2.24, 2.45) is 11.1 Å². The molecule has 6 nitrogen and oxygen atoms in total. The molecule has 4 rings (SSSR count). The van der Waals surface area contributed by atoms with Crippen molar-refractivity contribution in [1.29, 1.82) is 0 Å². The summed E-state index contributed by atoms with van der Waals surface area (Å²) in [5.41, 5.74) is 11.8. The largest absolute Gasteiger partial charge is 0.418 e. The Bertz CT molecular complexity index is 882. The van der Waals surface area contributed by atoms with Gasteiger partial charge in [0, 0.05) is 36.4 Å². The van der Waals surface area contributed by atoms with Gasteiger partial charge in [-0.1, -0.05) is 18.2 Å². The van der Waals surface area contributed by atoms with Crippen LogP contribution < -0.4 is 16.4 Å². The molecule has 0 radical (unpaired) electrons. The standard InChI is InChI=1S/C19H23F3N6S/c20-19(21,22)12-10-25-7-3-13(12)29-17-16(24)27-15(11-26-17)28-8-5-18(6-9-28)4-1-2-14(18)23/h3,7,10-11,14H,1-2,4-6,8-9,23H2,(H2,24,27). The second kappa shape index (κ2) is 7.64. The quantitative estimate of drug-likeness (QED) is 0.775. The van der Waals surface area contributed by atoms with Gasteiger partial charge in [0.05, 0.1) is 11.8 Å². The van der Waals surface area contributed by atoms with E-state index in [0.29, 0.717) is 5.82 Å². The Kier molecular flexibility index (Phi) is 5.32. The number of hydrogen-bond donors (Lipinski definition) is 2. The SMILES string of the molecule is Nc1nc(N2CCC3(CCCC3N)CC2)cnc1Sc1ccncc1C(F)(F)F. The molecule has 2 aromatic heterocycles. The van der Waals surface area contributed by atoms with Gasteiger partial charge in [0.15, 0.2) is 5.82 Å². The Morgan fingerprint density at radius 2 is 1.93 bits per heavy atom. The number of anilines is 2. The number of nitrogen functional groups attached to an aromatic ring is 1. The fourth-order valence-electron chi connectivity index (χ4n) is 4.37. The van der Waals surface area contributed by atoms with Crippen molar-refractivity contribution < 1.29 is 13.2 Å². The molecule has 0 amide bonds. The van der Waals surface area contributed by atoms with Crippen molar-refractivity contribution in [3.8, 4) is 0 Å². The number of alkyl halides is 3. The summed E-state index contributed by atoms with van der Waals surface area (Å²) in [6.45, 7) is 1.66. The minimum Gasteiger partial charge on any atom is -0.381 e. The predicted molar refractivity (Wildman–Crippen MR) is 106 cm³/mol. The van der Waals surface area contributed by atoms with E-state index in [9.17, 15) is 13.2 Å². The summed E-state index contributed by atoms with van der Waals surface area (Å²) in [6.07, 6.45) is 4.69. The first-order valence-electron chi connectivity index (χ1n) is 9.61. The highest BCUT2D eigenvalue weighted by Crippen LogP contribution is 2.46. The van der Waals surface area contributed by atoms with Crippen LogP contribution in [0.25, 0.3) is 0 Å². The van der Waals surface area contributed by atoms with E-state index in [4.69, 9.17) is 11.5 Å². The Morgan fingerprint density at radius 1 is 1.17 bits per heavy atom. The molecule has 3 heterocycles.